The summed E-state index contributed by atoms with van der Waals surface area (Å²) >= 11 is 0. The minimum Gasteiger partial charge on any atom is -0.497 e. The number of hydrogen-bond acceptors (Lipinski definition) is 5. The molecule has 1 atom stereocenters. The summed E-state index contributed by atoms with van der Waals surface area (Å²) in [5, 5.41) is 9.55. The third-order valence-corrected chi connectivity index (χ3v) is 2.98. The molecule has 0 aliphatic carbocycles. The summed E-state index contributed by atoms with van der Waals surface area (Å²) in [4.78, 5) is 25.4. The third kappa shape index (κ3) is 5.73. The monoisotopic (exact) mass is 309 g/mol. The molecule has 0 fully saturated rings. The van der Waals surface area contributed by atoms with Crippen molar-refractivity contribution >= 4 is 11.9 Å². The Morgan fingerprint density at radius 2 is 2.09 bits per heavy atom. The van der Waals surface area contributed by atoms with Crippen molar-refractivity contribution in [3.8, 4) is 5.75 Å². The Labute approximate surface area is 130 Å². The molecule has 0 aliphatic rings. The maximum absolute atomic E-state index is 12.5. The molecule has 22 heavy (non-hydrogen) atoms. The molecule has 122 valence electrons. The second-order valence-corrected chi connectivity index (χ2v) is 4.89. The second kappa shape index (κ2) is 9.04. The summed E-state index contributed by atoms with van der Waals surface area (Å²) in [6, 6.07) is 6.76. The molecule has 0 saturated carbocycles. The average molecular weight is 309 g/mol. The number of amides is 1. The largest absolute Gasteiger partial charge is 0.497 e. The van der Waals surface area contributed by atoms with Gasteiger partial charge in [0.1, 0.15) is 5.75 Å². The van der Waals surface area contributed by atoms with Gasteiger partial charge in [-0.2, -0.15) is 0 Å². The minimum atomic E-state index is -0.684. The number of esters is 1. The molecule has 1 N–H and O–H groups in total. The quantitative estimate of drug-likeness (QED) is 0.736. The topological polar surface area (TPSA) is 76.1 Å². The highest BCUT2D eigenvalue weighted by molar-refractivity contribution is 5.94. The highest BCUT2D eigenvalue weighted by Crippen LogP contribution is 2.15. The Bertz CT molecular complexity index is 501. The van der Waals surface area contributed by atoms with Crippen LogP contribution in [0.1, 0.15) is 30.6 Å². The number of benzene rings is 1. The summed E-state index contributed by atoms with van der Waals surface area (Å²) in [7, 11) is 1.53. The van der Waals surface area contributed by atoms with E-state index in [1.54, 1.807) is 38.1 Å². The zero-order valence-electron chi connectivity index (χ0n) is 13.2. The SMILES string of the molecule is CCOC(=O)CCN(CC(C)O)C(=O)c1cccc(OC)c1. The van der Waals surface area contributed by atoms with Crippen LogP contribution in [-0.4, -0.2) is 54.8 Å². The van der Waals surface area contributed by atoms with Crippen molar-refractivity contribution in [1.82, 2.24) is 4.90 Å². The van der Waals surface area contributed by atoms with Gasteiger partial charge < -0.3 is 19.5 Å². The Hall–Kier alpha value is -2.08. The molecule has 0 bridgehead atoms. The lowest BCUT2D eigenvalue weighted by atomic mass is 10.1. The molecule has 6 heteroatoms. The molecule has 1 rings (SSSR count). The van der Waals surface area contributed by atoms with Crippen molar-refractivity contribution < 1.29 is 24.2 Å². The van der Waals surface area contributed by atoms with E-state index < -0.39 is 6.10 Å². The van der Waals surface area contributed by atoms with Gasteiger partial charge in [0.2, 0.25) is 0 Å². The van der Waals surface area contributed by atoms with Gasteiger partial charge in [-0.25, -0.2) is 0 Å². The van der Waals surface area contributed by atoms with Crippen molar-refractivity contribution in [3.05, 3.63) is 29.8 Å². The molecule has 1 aromatic carbocycles. The molecule has 6 nitrogen and oxygen atoms in total. The fraction of sp³-hybridized carbons (Fsp3) is 0.500. The Kier molecular flexibility index (Phi) is 7.39. The number of nitrogens with zero attached hydrogens (tertiary/aromatic N) is 1. The fourth-order valence-corrected chi connectivity index (χ4v) is 1.99. The maximum atomic E-state index is 12.5. The number of methoxy groups -OCH3 is 1. The van der Waals surface area contributed by atoms with E-state index in [2.05, 4.69) is 0 Å². The number of aliphatic hydroxyl groups excluding tert-OH is 1. The molecule has 1 unspecified atom stereocenters. The molecular formula is C16H23NO5. The van der Waals surface area contributed by atoms with Crippen LogP contribution in [-0.2, 0) is 9.53 Å². The van der Waals surface area contributed by atoms with Crippen LogP contribution >= 0.6 is 0 Å². The number of hydrogen-bond donors (Lipinski definition) is 1. The van der Waals surface area contributed by atoms with Crippen molar-refractivity contribution in [2.75, 3.05) is 26.8 Å². The van der Waals surface area contributed by atoms with Crippen molar-refractivity contribution in [3.63, 3.8) is 0 Å². The van der Waals surface area contributed by atoms with Gasteiger partial charge >= 0.3 is 5.97 Å². The van der Waals surface area contributed by atoms with Crippen molar-refractivity contribution in [2.45, 2.75) is 26.4 Å². The van der Waals surface area contributed by atoms with Gasteiger partial charge in [0.05, 0.1) is 26.2 Å². The van der Waals surface area contributed by atoms with Crippen LogP contribution in [0.2, 0.25) is 0 Å². The highest BCUT2D eigenvalue weighted by Gasteiger charge is 2.19. The van der Waals surface area contributed by atoms with Crippen LogP contribution in [0.3, 0.4) is 0 Å². The first kappa shape index (κ1) is 18.0. The van der Waals surface area contributed by atoms with E-state index in [9.17, 15) is 14.7 Å². The molecular weight excluding hydrogens is 286 g/mol. The summed E-state index contributed by atoms with van der Waals surface area (Å²) in [5.41, 5.74) is 0.448. The zero-order chi connectivity index (χ0) is 16.5. The maximum Gasteiger partial charge on any atom is 0.307 e. The lowest BCUT2D eigenvalue weighted by molar-refractivity contribution is -0.143. The molecule has 1 aromatic rings. The van der Waals surface area contributed by atoms with Crippen LogP contribution in [0, 0.1) is 0 Å². The van der Waals surface area contributed by atoms with Gasteiger partial charge in [0, 0.05) is 18.7 Å². The average Bonchev–Trinajstić information content (AvgIpc) is 2.50. The highest BCUT2D eigenvalue weighted by atomic mass is 16.5. The summed E-state index contributed by atoms with van der Waals surface area (Å²) < 4.78 is 9.96. The fourth-order valence-electron chi connectivity index (χ4n) is 1.99. The van der Waals surface area contributed by atoms with E-state index in [4.69, 9.17) is 9.47 Å². The van der Waals surface area contributed by atoms with Gasteiger partial charge in [-0.15, -0.1) is 0 Å². The van der Waals surface area contributed by atoms with Gasteiger partial charge in [-0.3, -0.25) is 9.59 Å². The van der Waals surface area contributed by atoms with E-state index in [0.29, 0.717) is 17.9 Å². The molecule has 0 radical (unpaired) electrons. The number of aliphatic hydroxyl groups is 1. The molecule has 0 spiro atoms. The number of ether oxygens (including phenoxy) is 2. The first-order chi connectivity index (χ1) is 10.5. The van der Waals surface area contributed by atoms with Crippen molar-refractivity contribution in [2.24, 2.45) is 0 Å². The Morgan fingerprint density at radius 1 is 1.36 bits per heavy atom. The molecule has 0 heterocycles. The summed E-state index contributed by atoms with van der Waals surface area (Å²) in [6.45, 7) is 3.97. The minimum absolute atomic E-state index is 0.0935. The molecule has 0 aliphatic heterocycles. The van der Waals surface area contributed by atoms with E-state index in [1.165, 1.54) is 12.0 Å². The van der Waals surface area contributed by atoms with Crippen LogP contribution in [0.5, 0.6) is 5.75 Å². The van der Waals surface area contributed by atoms with E-state index in [-0.39, 0.29) is 31.4 Å². The van der Waals surface area contributed by atoms with Crippen LogP contribution in [0.25, 0.3) is 0 Å². The number of rotatable bonds is 8. The smallest absolute Gasteiger partial charge is 0.307 e. The standard InChI is InChI=1S/C16H23NO5/c1-4-22-15(19)8-9-17(11-12(2)18)16(20)13-6-5-7-14(10-13)21-3/h5-7,10,12,18H,4,8-9,11H2,1-3H3. The zero-order valence-corrected chi connectivity index (χ0v) is 13.2. The third-order valence-electron chi connectivity index (χ3n) is 2.98. The Balaban J connectivity index is 2.80. The van der Waals surface area contributed by atoms with E-state index in [0.717, 1.165) is 0 Å². The molecule has 0 saturated heterocycles. The van der Waals surface area contributed by atoms with E-state index >= 15 is 0 Å². The second-order valence-electron chi connectivity index (χ2n) is 4.89. The predicted molar refractivity (Wildman–Crippen MR) is 81.8 cm³/mol. The van der Waals surface area contributed by atoms with Gasteiger partial charge in [0.25, 0.3) is 5.91 Å². The lowest BCUT2D eigenvalue weighted by Crippen LogP contribution is -2.38. The molecule has 0 aromatic heterocycles. The van der Waals surface area contributed by atoms with Gasteiger partial charge in [0.15, 0.2) is 0 Å². The summed E-state index contributed by atoms with van der Waals surface area (Å²) in [6.07, 6.45) is -0.590. The van der Waals surface area contributed by atoms with Crippen LogP contribution in [0.4, 0.5) is 0 Å². The number of carbonyl (C=O) groups excluding carboxylic acids is 2. The van der Waals surface area contributed by atoms with Crippen molar-refractivity contribution in [1.29, 1.82) is 0 Å². The number of carbonyl (C=O) groups is 2. The van der Waals surface area contributed by atoms with Crippen LogP contribution < -0.4 is 4.74 Å². The normalized spacial score (nSPS) is 11.6. The first-order valence-corrected chi connectivity index (χ1v) is 7.25. The lowest BCUT2D eigenvalue weighted by Gasteiger charge is -2.24. The first-order valence-electron chi connectivity index (χ1n) is 7.25. The van der Waals surface area contributed by atoms with E-state index in [1.807, 2.05) is 0 Å². The predicted octanol–water partition coefficient (Wildman–Crippen LogP) is 1.47. The van der Waals surface area contributed by atoms with Gasteiger partial charge in [-0.05, 0) is 32.0 Å². The van der Waals surface area contributed by atoms with Crippen LogP contribution in [0.15, 0.2) is 24.3 Å². The van der Waals surface area contributed by atoms with Gasteiger partial charge in [-0.1, -0.05) is 6.07 Å². The Morgan fingerprint density at radius 3 is 2.68 bits per heavy atom. The molecule has 1 amide bonds. The summed E-state index contributed by atoms with van der Waals surface area (Å²) in [5.74, 6) is -0.0473.